The van der Waals surface area contributed by atoms with Crippen molar-refractivity contribution in [2.75, 3.05) is 39.3 Å². The summed E-state index contributed by atoms with van der Waals surface area (Å²) in [7, 11) is 1.44. The van der Waals surface area contributed by atoms with Crippen LogP contribution in [0.5, 0.6) is 5.75 Å². The number of rotatable bonds is 8. The minimum atomic E-state index is -3.15. The minimum absolute atomic E-state index is 0.0536. The SMILES string of the molecule is CC(/C=C(\N)NC1CCCN(CC(=O)N2CC(C)(CO)C2)C1)=C(/N)c1ccc(C(F)(F)P)cc1O. The second kappa shape index (κ2) is 10.7. The lowest BCUT2D eigenvalue weighted by Gasteiger charge is -2.47. The summed E-state index contributed by atoms with van der Waals surface area (Å²) >= 11 is 0. The molecule has 194 valence electrons. The van der Waals surface area contributed by atoms with E-state index in [2.05, 4.69) is 10.2 Å². The number of alkyl halides is 2. The van der Waals surface area contributed by atoms with Crippen LogP contribution >= 0.6 is 9.24 Å². The fraction of sp³-hybridized carbons (Fsp3) is 0.542. The number of carbonyl (C=O) groups is 1. The van der Waals surface area contributed by atoms with Gasteiger partial charge in [0.15, 0.2) is 0 Å². The molecule has 2 unspecified atom stereocenters. The molecule has 0 saturated carbocycles. The molecule has 7 N–H and O–H groups in total. The van der Waals surface area contributed by atoms with E-state index in [1.54, 1.807) is 17.9 Å². The Morgan fingerprint density at radius 2 is 2.06 bits per heavy atom. The van der Waals surface area contributed by atoms with Gasteiger partial charge in [-0.15, -0.1) is 0 Å². The Hall–Kier alpha value is -2.42. The third-order valence-electron chi connectivity index (χ3n) is 6.58. The Morgan fingerprint density at radius 3 is 2.66 bits per heavy atom. The largest absolute Gasteiger partial charge is 0.507 e. The summed E-state index contributed by atoms with van der Waals surface area (Å²) < 4.78 is 26.9. The van der Waals surface area contributed by atoms with Crippen LogP contribution in [0.1, 0.15) is 37.8 Å². The fourth-order valence-electron chi connectivity index (χ4n) is 4.53. The number of piperidine rings is 1. The first-order valence-electron chi connectivity index (χ1n) is 11.6. The number of halogens is 2. The van der Waals surface area contributed by atoms with E-state index in [0.717, 1.165) is 25.5 Å². The van der Waals surface area contributed by atoms with Gasteiger partial charge >= 0.3 is 0 Å². The maximum absolute atomic E-state index is 13.5. The van der Waals surface area contributed by atoms with E-state index in [1.807, 2.05) is 6.92 Å². The van der Waals surface area contributed by atoms with E-state index in [-0.39, 0.29) is 46.5 Å². The third kappa shape index (κ3) is 6.84. The molecule has 2 fully saturated rings. The van der Waals surface area contributed by atoms with E-state index in [4.69, 9.17) is 11.5 Å². The molecule has 0 aromatic heterocycles. The van der Waals surface area contributed by atoms with Crippen LogP contribution in [0.25, 0.3) is 5.70 Å². The summed E-state index contributed by atoms with van der Waals surface area (Å²) in [6, 6.07) is 3.63. The van der Waals surface area contributed by atoms with Crippen molar-refractivity contribution in [1.29, 1.82) is 0 Å². The highest BCUT2D eigenvalue weighted by atomic mass is 31.0. The highest BCUT2D eigenvalue weighted by Crippen LogP contribution is 2.38. The maximum Gasteiger partial charge on any atom is 0.284 e. The third-order valence-corrected chi connectivity index (χ3v) is 6.92. The van der Waals surface area contributed by atoms with Crippen LogP contribution in [-0.2, 0) is 10.5 Å². The number of aliphatic hydroxyl groups excluding tert-OH is 1. The zero-order valence-electron chi connectivity index (χ0n) is 20.2. The molecule has 2 aliphatic rings. The second-order valence-corrected chi connectivity index (χ2v) is 10.7. The number of nitrogens with zero attached hydrogens (tertiary/aromatic N) is 2. The van der Waals surface area contributed by atoms with Crippen LogP contribution in [0.15, 0.2) is 35.7 Å². The van der Waals surface area contributed by atoms with Crippen LogP contribution in [-0.4, -0.2) is 71.3 Å². The molecule has 8 nitrogen and oxygen atoms in total. The number of likely N-dealkylation sites (tertiary alicyclic amines) is 2. The smallest absolute Gasteiger partial charge is 0.284 e. The number of allylic oxidation sites excluding steroid dienone is 2. The van der Waals surface area contributed by atoms with Crippen LogP contribution in [0, 0.1) is 5.41 Å². The van der Waals surface area contributed by atoms with E-state index >= 15 is 0 Å². The molecule has 2 atom stereocenters. The van der Waals surface area contributed by atoms with Crippen LogP contribution in [0.2, 0.25) is 0 Å². The molecule has 1 amide bonds. The summed E-state index contributed by atoms with van der Waals surface area (Å²) in [6.45, 7) is 6.76. The lowest BCUT2D eigenvalue weighted by atomic mass is 9.83. The van der Waals surface area contributed by atoms with E-state index in [9.17, 15) is 23.8 Å². The van der Waals surface area contributed by atoms with Crippen LogP contribution in [0.4, 0.5) is 8.78 Å². The zero-order valence-corrected chi connectivity index (χ0v) is 21.4. The quantitative estimate of drug-likeness (QED) is 0.266. The molecule has 0 spiro atoms. The van der Waals surface area contributed by atoms with Crippen molar-refractivity contribution in [1.82, 2.24) is 15.1 Å². The molecule has 2 aliphatic heterocycles. The molecular weight excluding hydrogens is 475 g/mol. The Bertz CT molecular complexity index is 1010. The summed E-state index contributed by atoms with van der Waals surface area (Å²) in [5.41, 5.74) is 9.74. The first kappa shape index (κ1) is 27.2. The van der Waals surface area contributed by atoms with Gasteiger partial charge in [0.1, 0.15) is 5.75 Å². The van der Waals surface area contributed by atoms with Gasteiger partial charge in [0, 0.05) is 47.9 Å². The van der Waals surface area contributed by atoms with E-state index in [0.29, 0.717) is 37.6 Å². The number of amides is 1. The monoisotopic (exact) mass is 511 g/mol. The number of phenolic OH excluding ortho intramolecular Hbond substituents is 1. The van der Waals surface area contributed by atoms with Gasteiger partial charge in [0.2, 0.25) is 5.91 Å². The molecule has 3 rings (SSSR count). The van der Waals surface area contributed by atoms with Crippen LogP contribution < -0.4 is 16.8 Å². The molecule has 2 saturated heterocycles. The number of aliphatic hydroxyl groups is 1. The molecule has 1 aromatic carbocycles. The van der Waals surface area contributed by atoms with Crippen molar-refractivity contribution in [3.63, 3.8) is 0 Å². The number of nitrogens with one attached hydrogen (secondary N) is 1. The number of hydrogen-bond donors (Lipinski definition) is 5. The highest BCUT2D eigenvalue weighted by molar-refractivity contribution is 7.17. The topological polar surface area (TPSA) is 128 Å². The molecule has 0 radical (unpaired) electrons. The molecule has 0 bridgehead atoms. The Balaban J connectivity index is 1.59. The minimum Gasteiger partial charge on any atom is -0.507 e. The Kier molecular flexibility index (Phi) is 8.29. The van der Waals surface area contributed by atoms with Gasteiger partial charge in [-0.1, -0.05) is 22.2 Å². The highest BCUT2D eigenvalue weighted by Gasteiger charge is 2.41. The van der Waals surface area contributed by atoms with Crippen molar-refractivity contribution < 1.29 is 23.8 Å². The predicted octanol–water partition coefficient (Wildman–Crippen LogP) is 1.70. The standard InChI is InChI=1S/C24H36F2N5O3P/c1-15(22(28)18-6-5-16(9-19(18)33)24(25,26)35)8-20(27)29-17-4-3-7-30(10-17)11-21(34)31-12-23(2,13-31)14-32/h5-6,8-9,17,29,32-33H,3-4,7,10-14,27-28,35H2,1-2H3/b20-8+,22-15-. The van der Waals surface area contributed by atoms with Gasteiger partial charge < -0.3 is 31.9 Å². The average Bonchev–Trinajstić information content (AvgIpc) is 2.75. The maximum atomic E-state index is 13.5. The normalized spacial score (nSPS) is 21.8. The Labute approximate surface area is 207 Å². The van der Waals surface area contributed by atoms with Crippen molar-refractivity contribution in [2.45, 2.75) is 38.4 Å². The van der Waals surface area contributed by atoms with Gasteiger partial charge in [0.05, 0.1) is 19.0 Å². The molecular formula is C24H36F2N5O3P. The van der Waals surface area contributed by atoms with Crippen molar-refractivity contribution >= 4 is 20.8 Å². The van der Waals surface area contributed by atoms with E-state index in [1.165, 1.54) is 21.4 Å². The van der Waals surface area contributed by atoms with Gasteiger partial charge in [-0.2, -0.15) is 8.78 Å². The van der Waals surface area contributed by atoms with Gasteiger partial charge in [-0.3, -0.25) is 9.69 Å². The molecule has 35 heavy (non-hydrogen) atoms. The summed E-state index contributed by atoms with van der Waals surface area (Å²) in [4.78, 5) is 16.4. The number of phenols is 1. The summed E-state index contributed by atoms with van der Waals surface area (Å²) in [5, 5.41) is 22.8. The lowest BCUT2D eigenvalue weighted by Crippen LogP contribution is -2.61. The molecule has 1 aromatic rings. The summed E-state index contributed by atoms with van der Waals surface area (Å²) in [5.74, 6) is 0.116. The van der Waals surface area contributed by atoms with Gasteiger partial charge in [-0.25, -0.2) is 0 Å². The fourth-order valence-corrected chi connectivity index (χ4v) is 4.71. The molecule has 0 aliphatic carbocycles. The van der Waals surface area contributed by atoms with Crippen molar-refractivity contribution in [3.05, 3.63) is 46.8 Å². The number of aromatic hydroxyl groups is 1. The molecule has 2 heterocycles. The van der Waals surface area contributed by atoms with Gasteiger partial charge in [0.25, 0.3) is 5.66 Å². The van der Waals surface area contributed by atoms with Crippen LogP contribution in [0.3, 0.4) is 0 Å². The lowest BCUT2D eigenvalue weighted by molar-refractivity contribution is -0.146. The first-order valence-corrected chi connectivity index (χ1v) is 12.2. The first-order chi connectivity index (χ1) is 16.3. The van der Waals surface area contributed by atoms with Crippen molar-refractivity contribution in [2.24, 2.45) is 16.9 Å². The number of hydrogen-bond acceptors (Lipinski definition) is 7. The van der Waals surface area contributed by atoms with Crippen molar-refractivity contribution in [3.8, 4) is 5.75 Å². The van der Waals surface area contributed by atoms with E-state index < -0.39 is 5.66 Å². The Morgan fingerprint density at radius 1 is 1.37 bits per heavy atom. The predicted molar refractivity (Wildman–Crippen MR) is 135 cm³/mol. The average molecular weight is 512 g/mol. The summed E-state index contributed by atoms with van der Waals surface area (Å²) in [6.07, 6.45) is 3.46. The van der Waals surface area contributed by atoms with Gasteiger partial charge in [-0.05, 0) is 50.1 Å². The second-order valence-electron chi connectivity index (χ2n) is 9.99. The number of carbonyl (C=O) groups excluding carboxylic acids is 1. The molecule has 11 heteroatoms. The number of nitrogens with two attached hydrogens (primary N) is 2. The zero-order chi connectivity index (χ0) is 26.0. The number of benzene rings is 1.